The van der Waals surface area contributed by atoms with E-state index in [1.807, 2.05) is 72.8 Å². The van der Waals surface area contributed by atoms with Gasteiger partial charge in [0, 0.05) is 22.1 Å². The van der Waals surface area contributed by atoms with Crippen molar-refractivity contribution in [3.8, 4) is 11.8 Å². The molecular formula is C22H14N2OS. The van der Waals surface area contributed by atoms with E-state index in [1.165, 1.54) is 11.3 Å². The molecule has 0 aliphatic heterocycles. The number of carbonyl (C=O) groups excluding carboxylic acids is 1. The van der Waals surface area contributed by atoms with Gasteiger partial charge in [-0.05, 0) is 53.8 Å². The minimum Gasteiger partial charge on any atom is -0.321 e. The fourth-order valence-corrected chi connectivity index (χ4v) is 3.49. The van der Waals surface area contributed by atoms with Crippen molar-refractivity contribution in [2.75, 3.05) is 5.32 Å². The van der Waals surface area contributed by atoms with Crippen molar-refractivity contribution in [3.05, 3.63) is 95.1 Å². The van der Waals surface area contributed by atoms with Gasteiger partial charge in [-0.2, -0.15) is 0 Å². The van der Waals surface area contributed by atoms with Crippen LogP contribution in [-0.4, -0.2) is 10.9 Å². The Labute approximate surface area is 155 Å². The Morgan fingerprint density at radius 3 is 2.65 bits per heavy atom. The number of rotatable bonds is 2. The summed E-state index contributed by atoms with van der Waals surface area (Å²) in [5.74, 6) is 5.98. The van der Waals surface area contributed by atoms with Gasteiger partial charge in [0.15, 0.2) is 0 Å². The third kappa shape index (κ3) is 3.64. The standard InChI is InChI=1S/C22H14N2OS/c25-22(21-15-17-7-1-2-10-20(17)26-21)24-19-9-5-6-16(14-19)11-12-18-8-3-4-13-23-18/h1-10,13-15H,(H,24,25). The van der Waals surface area contributed by atoms with E-state index < -0.39 is 0 Å². The number of hydrogen-bond acceptors (Lipinski definition) is 3. The first kappa shape index (κ1) is 16.1. The molecule has 26 heavy (non-hydrogen) atoms. The molecule has 124 valence electrons. The smallest absolute Gasteiger partial charge is 0.265 e. The third-order valence-electron chi connectivity index (χ3n) is 3.77. The van der Waals surface area contributed by atoms with Gasteiger partial charge in [0.25, 0.3) is 5.91 Å². The van der Waals surface area contributed by atoms with Crippen LogP contribution in [0.3, 0.4) is 0 Å². The Morgan fingerprint density at radius 1 is 0.923 bits per heavy atom. The Kier molecular flexibility index (Phi) is 4.46. The Bertz CT molecular complexity index is 1100. The average molecular weight is 354 g/mol. The Balaban J connectivity index is 1.53. The summed E-state index contributed by atoms with van der Waals surface area (Å²) >= 11 is 1.49. The molecule has 4 aromatic rings. The van der Waals surface area contributed by atoms with Gasteiger partial charge in [0.05, 0.1) is 4.88 Å². The molecule has 0 radical (unpaired) electrons. The molecule has 4 heteroatoms. The van der Waals surface area contributed by atoms with E-state index in [9.17, 15) is 4.79 Å². The highest BCUT2D eigenvalue weighted by Crippen LogP contribution is 2.26. The van der Waals surface area contributed by atoms with Crippen LogP contribution in [0.2, 0.25) is 0 Å². The number of thiophene rings is 1. The fraction of sp³-hybridized carbons (Fsp3) is 0. The highest BCUT2D eigenvalue weighted by atomic mass is 32.1. The first-order chi connectivity index (χ1) is 12.8. The molecule has 0 aliphatic rings. The van der Waals surface area contributed by atoms with Crippen LogP contribution in [0, 0.1) is 11.8 Å². The lowest BCUT2D eigenvalue weighted by atomic mass is 10.2. The third-order valence-corrected chi connectivity index (χ3v) is 4.88. The van der Waals surface area contributed by atoms with E-state index in [2.05, 4.69) is 22.1 Å². The van der Waals surface area contributed by atoms with E-state index in [0.717, 1.165) is 21.3 Å². The number of carbonyl (C=O) groups is 1. The van der Waals surface area contributed by atoms with Crippen molar-refractivity contribution in [3.63, 3.8) is 0 Å². The normalized spacial score (nSPS) is 10.2. The van der Waals surface area contributed by atoms with Crippen LogP contribution in [0.1, 0.15) is 20.9 Å². The second-order valence-electron chi connectivity index (χ2n) is 5.65. The zero-order chi connectivity index (χ0) is 17.8. The van der Waals surface area contributed by atoms with E-state index in [-0.39, 0.29) is 5.91 Å². The van der Waals surface area contributed by atoms with Gasteiger partial charge < -0.3 is 5.32 Å². The molecule has 3 nitrogen and oxygen atoms in total. The second-order valence-corrected chi connectivity index (χ2v) is 6.73. The zero-order valence-corrected chi connectivity index (χ0v) is 14.6. The number of nitrogens with one attached hydrogen (secondary N) is 1. The molecule has 4 rings (SSSR count). The predicted molar refractivity (Wildman–Crippen MR) is 106 cm³/mol. The average Bonchev–Trinajstić information content (AvgIpc) is 3.12. The molecule has 0 atom stereocenters. The molecule has 0 saturated heterocycles. The zero-order valence-electron chi connectivity index (χ0n) is 13.8. The molecule has 0 spiro atoms. The highest BCUT2D eigenvalue weighted by molar-refractivity contribution is 7.20. The molecule has 2 aromatic carbocycles. The molecule has 0 bridgehead atoms. The monoisotopic (exact) mass is 354 g/mol. The Morgan fingerprint density at radius 2 is 1.81 bits per heavy atom. The number of benzene rings is 2. The van der Waals surface area contributed by atoms with Crippen molar-refractivity contribution in [2.45, 2.75) is 0 Å². The molecule has 1 amide bonds. The maximum Gasteiger partial charge on any atom is 0.265 e. The molecular weight excluding hydrogens is 340 g/mol. The minimum atomic E-state index is -0.110. The predicted octanol–water partition coefficient (Wildman–Crippen LogP) is 4.95. The van der Waals surface area contributed by atoms with Gasteiger partial charge in [-0.3, -0.25) is 4.79 Å². The minimum absolute atomic E-state index is 0.110. The summed E-state index contributed by atoms with van der Waals surface area (Å²) in [4.78, 5) is 17.4. The molecule has 0 unspecified atom stereocenters. The molecule has 2 heterocycles. The second kappa shape index (κ2) is 7.22. The van der Waals surface area contributed by atoms with Crippen LogP contribution in [0.25, 0.3) is 10.1 Å². The number of hydrogen-bond donors (Lipinski definition) is 1. The summed E-state index contributed by atoms with van der Waals surface area (Å²) in [5, 5.41) is 4.03. The van der Waals surface area contributed by atoms with Crippen molar-refractivity contribution >= 4 is 33.0 Å². The van der Waals surface area contributed by atoms with E-state index in [0.29, 0.717) is 10.6 Å². The van der Waals surface area contributed by atoms with Crippen molar-refractivity contribution in [1.82, 2.24) is 4.98 Å². The number of amides is 1. The maximum atomic E-state index is 12.5. The number of anilines is 1. The van der Waals surface area contributed by atoms with Crippen molar-refractivity contribution in [2.24, 2.45) is 0 Å². The molecule has 1 N–H and O–H groups in total. The largest absolute Gasteiger partial charge is 0.321 e. The van der Waals surface area contributed by atoms with Gasteiger partial charge in [0.2, 0.25) is 0 Å². The van der Waals surface area contributed by atoms with Gasteiger partial charge in [-0.1, -0.05) is 36.3 Å². The summed E-state index contributed by atoms with van der Waals surface area (Å²) in [6.07, 6.45) is 1.71. The number of fused-ring (bicyclic) bond motifs is 1. The van der Waals surface area contributed by atoms with Gasteiger partial charge >= 0.3 is 0 Å². The Hall–Kier alpha value is -3.42. The first-order valence-electron chi connectivity index (χ1n) is 8.11. The summed E-state index contributed by atoms with van der Waals surface area (Å²) in [5.41, 5.74) is 2.26. The maximum absolute atomic E-state index is 12.5. The summed E-state index contributed by atoms with van der Waals surface area (Å²) in [6.45, 7) is 0. The van der Waals surface area contributed by atoms with Crippen LogP contribution < -0.4 is 5.32 Å². The van der Waals surface area contributed by atoms with Crippen LogP contribution in [0.15, 0.2) is 79.0 Å². The van der Waals surface area contributed by atoms with Crippen molar-refractivity contribution < 1.29 is 4.79 Å². The summed E-state index contributed by atoms with van der Waals surface area (Å²) in [7, 11) is 0. The quantitative estimate of drug-likeness (QED) is 0.518. The lowest BCUT2D eigenvalue weighted by molar-refractivity contribution is 0.103. The molecule has 0 saturated carbocycles. The van der Waals surface area contributed by atoms with Gasteiger partial charge in [-0.25, -0.2) is 4.98 Å². The number of pyridine rings is 1. The van der Waals surface area contributed by atoms with Gasteiger partial charge in [-0.15, -0.1) is 11.3 Å². The number of nitrogens with zero attached hydrogens (tertiary/aromatic N) is 1. The highest BCUT2D eigenvalue weighted by Gasteiger charge is 2.10. The van der Waals surface area contributed by atoms with Gasteiger partial charge in [0.1, 0.15) is 5.69 Å². The van der Waals surface area contributed by atoms with Crippen LogP contribution in [-0.2, 0) is 0 Å². The molecule has 0 fully saturated rings. The van der Waals surface area contributed by atoms with Crippen molar-refractivity contribution in [1.29, 1.82) is 0 Å². The topological polar surface area (TPSA) is 42.0 Å². The summed E-state index contributed by atoms with van der Waals surface area (Å²) < 4.78 is 1.10. The summed E-state index contributed by atoms with van der Waals surface area (Å²) in [6, 6.07) is 23.0. The van der Waals surface area contributed by atoms with E-state index in [4.69, 9.17) is 0 Å². The lowest BCUT2D eigenvalue weighted by Crippen LogP contribution is -2.09. The SMILES string of the molecule is O=C(Nc1cccc(C#Cc2ccccn2)c1)c1cc2ccccc2s1. The number of aromatic nitrogens is 1. The van der Waals surface area contributed by atoms with E-state index in [1.54, 1.807) is 6.20 Å². The lowest BCUT2D eigenvalue weighted by Gasteiger charge is -2.03. The van der Waals surface area contributed by atoms with Crippen LogP contribution in [0.4, 0.5) is 5.69 Å². The molecule has 0 aliphatic carbocycles. The molecule has 2 aromatic heterocycles. The first-order valence-corrected chi connectivity index (χ1v) is 8.93. The van der Waals surface area contributed by atoms with Crippen LogP contribution in [0.5, 0.6) is 0 Å². The fourth-order valence-electron chi connectivity index (χ4n) is 2.53. The van der Waals surface area contributed by atoms with Crippen LogP contribution >= 0.6 is 11.3 Å². The van der Waals surface area contributed by atoms with E-state index >= 15 is 0 Å².